The summed E-state index contributed by atoms with van der Waals surface area (Å²) in [5.74, 6) is 0.656. The van der Waals surface area contributed by atoms with Gasteiger partial charge in [-0.3, -0.25) is 0 Å². The van der Waals surface area contributed by atoms with E-state index in [9.17, 15) is 4.79 Å². The van der Waals surface area contributed by atoms with Crippen LogP contribution in [0.25, 0.3) is 0 Å². The molecule has 0 aliphatic carbocycles. The van der Waals surface area contributed by atoms with Gasteiger partial charge in [-0.15, -0.1) is 6.58 Å². The summed E-state index contributed by atoms with van der Waals surface area (Å²) in [5, 5.41) is 5.40. The summed E-state index contributed by atoms with van der Waals surface area (Å²) in [7, 11) is 0. The lowest BCUT2D eigenvalue weighted by Gasteiger charge is -2.52. The number of fused-ring (bicyclic) bond motifs is 2. The number of hydrogen-bond acceptors (Lipinski definition) is 4. The molecule has 5 heteroatoms. The Balaban J connectivity index is 0.00000122. The first-order chi connectivity index (χ1) is 12.8. The molecule has 0 aromatic heterocycles. The van der Waals surface area contributed by atoms with E-state index in [0.717, 1.165) is 38.2 Å². The van der Waals surface area contributed by atoms with Crippen LogP contribution < -0.4 is 0 Å². The van der Waals surface area contributed by atoms with Crippen LogP contribution in [0.3, 0.4) is 0 Å². The Morgan fingerprint density at radius 2 is 1.61 bits per heavy atom. The van der Waals surface area contributed by atoms with E-state index in [4.69, 9.17) is 14.9 Å². The van der Waals surface area contributed by atoms with Crippen molar-refractivity contribution in [1.82, 2.24) is 4.90 Å². The zero-order valence-corrected chi connectivity index (χ0v) is 18.9. The van der Waals surface area contributed by atoms with Crippen molar-refractivity contribution in [1.29, 1.82) is 5.41 Å². The zero-order chi connectivity index (χ0) is 21.8. The van der Waals surface area contributed by atoms with Gasteiger partial charge >= 0.3 is 6.09 Å². The third kappa shape index (κ3) is 5.70. The summed E-state index contributed by atoms with van der Waals surface area (Å²) in [6.45, 7) is 19.4. The Morgan fingerprint density at radius 3 is 1.96 bits per heavy atom. The largest absolute Gasteiger partial charge is 0.444 e. The van der Waals surface area contributed by atoms with Crippen molar-refractivity contribution >= 4 is 12.2 Å². The van der Waals surface area contributed by atoms with Gasteiger partial charge in [0, 0.05) is 12.1 Å². The van der Waals surface area contributed by atoms with Gasteiger partial charge in [0.05, 0.1) is 0 Å². The van der Waals surface area contributed by atoms with Crippen LogP contribution in [0.15, 0.2) is 12.7 Å². The summed E-state index contributed by atoms with van der Waals surface area (Å²) < 4.78 is 5.68. The van der Waals surface area contributed by atoms with Crippen LogP contribution in [0.2, 0.25) is 0 Å². The molecule has 2 bridgehead atoms. The van der Waals surface area contributed by atoms with Crippen molar-refractivity contribution in [2.75, 3.05) is 0 Å². The number of carbonyl (C=O) groups is 1. The lowest BCUT2D eigenvalue weighted by atomic mass is 9.56. The van der Waals surface area contributed by atoms with E-state index in [1.165, 1.54) is 6.42 Å². The highest BCUT2D eigenvalue weighted by molar-refractivity contribution is 5.69. The third-order valence-corrected chi connectivity index (χ3v) is 6.82. The van der Waals surface area contributed by atoms with E-state index in [0.29, 0.717) is 18.0 Å². The smallest absolute Gasteiger partial charge is 0.410 e. The monoisotopic (exact) mass is 392 g/mol. The highest BCUT2D eigenvalue weighted by Gasteiger charge is 2.52. The van der Waals surface area contributed by atoms with Crippen LogP contribution in [-0.4, -0.2) is 34.8 Å². The average molecular weight is 393 g/mol. The lowest BCUT2D eigenvalue weighted by Crippen LogP contribution is -2.53. The Bertz CT molecular complexity index is 568. The van der Waals surface area contributed by atoms with Crippen LogP contribution in [-0.2, 0) is 9.53 Å². The first kappa shape index (κ1) is 24.4. The summed E-state index contributed by atoms with van der Waals surface area (Å²) in [6, 6.07) is 0.702. The molecule has 0 spiro atoms. The van der Waals surface area contributed by atoms with E-state index in [1.807, 2.05) is 20.8 Å². The van der Waals surface area contributed by atoms with Crippen LogP contribution in [0.5, 0.6) is 0 Å². The molecular weight excluding hydrogens is 352 g/mol. The van der Waals surface area contributed by atoms with Gasteiger partial charge in [-0.2, -0.15) is 0 Å². The fourth-order valence-corrected chi connectivity index (χ4v) is 4.90. The molecule has 2 rings (SSSR count). The first-order valence-corrected chi connectivity index (χ1v) is 10.5. The predicted octanol–water partition coefficient (Wildman–Crippen LogP) is 6.08. The maximum Gasteiger partial charge on any atom is 0.410 e. The number of ether oxygens (including phenoxy) is 1. The van der Waals surface area contributed by atoms with Crippen molar-refractivity contribution in [2.45, 2.75) is 105 Å². The van der Waals surface area contributed by atoms with Gasteiger partial charge in [-0.25, -0.2) is 15.0 Å². The SMILES string of the molecule is C=CCCC(C)(C1CC2CCC(C1)N2C(=O)OC(C)(C)C)C(C)(C)C.N=C=O. The number of carbonyl (C=O) groups excluding carboxylic acids is 2. The summed E-state index contributed by atoms with van der Waals surface area (Å²) in [5.41, 5.74) is 0.0908. The molecule has 2 heterocycles. The third-order valence-electron chi connectivity index (χ3n) is 6.82. The van der Waals surface area contributed by atoms with E-state index >= 15 is 0 Å². The topological polar surface area (TPSA) is 70.5 Å². The van der Waals surface area contributed by atoms with Crippen LogP contribution >= 0.6 is 0 Å². The first-order valence-electron chi connectivity index (χ1n) is 10.5. The molecule has 0 aromatic carbocycles. The Kier molecular flexibility index (Phi) is 8.08. The van der Waals surface area contributed by atoms with Crippen molar-refractivity contribution in [2.24, 2.45) is 16.7 Å². The van der Waals surface area contributed by atoms with E-state index in [1.54, 1.807) is 0 Å². The number of hydrogen-bond donors (Lipinski definition) is 1. The fourth-order valence-electron chi connectivity index (χ4n) is 4.90. The fraction of sp³-hybridized carbons (Fsp3) is 0.826. The van der Waals surface area contributed by atoms with Crippen LogP contribution in [0.4, 0.5) is 4.79 Å². The summed E-state index contributed by atoms with van der Waals surface area (Å²) in [4.78, 5) is 23.1. The van der Waals surface area contributed by atoms with Gasteiger partial charge in [-0.05, 0) is 76.0 Å². The second-order valence-corrected chi connectivity index (χ2v) is 10.5. The maximum absolute atomic E-state index is 12.7. The predicted molar refractivity (Wildman–Crippen MR) is 113 cm³/mol. The molecule has 3 atom stereocenters. The quantitative estimate of drug-likeness (QED) is 0.358. The molecule has 1 amide bonds. The van der Waals surface area contributed by atoms with Gasteiger partial charge in [0.1, 0.15) is 5.60 Å². The highest BCUT2D eigenvalue weighted by atomic mass is 16.6. The van der Waals surface area contributed by atoms with Crippen molar-refractivity contribution < 1.29 is 14.3 Å². The molecule has 5 nitrogen and oxygen atoms in total. The average Bonchev–Trinajstić information content (AvgIpc) is 2.81. The standard InChI is InChI=1S/C22H39NO2.CHNO/c1-9-10-13-22(8,20(2,3)4)16-14-17-11-12-18(15-16)23(17)19(24)25-21(5,6)7;2-1-3/h9,16-18H,1,10-15H2,2-8H3;2H. The molecule has 28 heavy (non-hydrogen) atoms. The molecule has 160 valence electrons. The molecule has 2 saturated heterocycles. The summed E-state index contributed by atoms with van der Waals surface area (Å²) >= 11 is 0. The van der Waals surface area contributed by atoms with Gasteiger partial charge in [0.15, 0.2) is 0 Å². The number of nitrogens with one attached hydrogen (secondary N) is 1. The molecule has 0 aromatic rings. The van der Waals surface area contributed by atoms with E-state index < -0.39 is 5.60 Å². The van der Waals surface area contributed by atoms with Crippen LogP contribution in [0.1, 0.15) is 87.0 Å². The van der Waals surface area contributed by atoms with Gasteiger partial charge in [-0.1, -0.05) is 33.8 Å². The number of amides is 1. The molecule has 2 aliphatic rings. The number of allylic oxidation sites excluding steroid dienone is 1. The second kappa shape index (κ2) is 9.26. The van der Waals surface area contributed by atoms with Crippen molar-refractivity contribution in [3.63, 3.8) is 0 Å². The maximum atomic E-state index is 12.7. The molecule has 0 saturated carbocycles. The van der Waals surface area contributed by atoms with Crippen LogP contribution in [0, 0.1) is 22.2 Å². The minimum absolute atomic E-state index is 0.109. The molecule has 1 N–H and O–H groups in total. The lowest BCUT2D eigenvalue weighted by molar-refractivity contribution is -0.0411. The van der Waals surface area contributed by atoms with Crippen molar-refractivity contribution in [3.05, 3.63) is 12.7 Å². The number of nitrogens with zero attached hydrogens (tertiary/aromatic N) is 1. The van der Waals surface area contributed by atoms with Crippen molar-refractivity contribution in [3.8, 4) is 0 Å². The molecule has 3 unspecified atom stereocenters. The number of piperidine rings is 1. The van der Waals surface area contributed by atoms with E-state index in [2.05, 4.69) is 45.2 Å². The van der Waals surface area contributed by atoms with Gasteiger partial charge in [0.25, 0.3) is 0 Å². The minimum atomic E-state index is -0.419. The number of rotatable bonds is 4. The van der Waals surface area contributed by atoms with Gasteiger partial charge in [0.2, 0.25) is 6.08 Å². The molecular formula is C23H40N2O3. The minimum Gasteiger partial charge on any atom is -0.444 e. The van der Waals surface area contributed by atoms with E-state index in [-0.39, 0.29) is 16.9 Å². The van der Waals surface area contributed by atoms with Gasteiger partial charge < -0.3 is 9.64 Å². The normalized spacial score (nSPS) is 26.4. The highest BCUT2D eigenvalue weighted by Crippen LogP contribution is 2.55. The Hall–Kier alpha value is -1.61. The number of isocyanates is 1. The summed E-state index contributed by atoms with van der Waals surface area (Å²) in [6.07, 6.45) is 9.41. The Labute approximate surface area is 171 Å². The molecule has 0 radical (unpaired) electrons. The Morgan fingerprint density at radius 1 is 1.14 bits per heavy atom. The molecule has 2 fully saturated rings. The second-order valence-electron chi connectivity index (χ2n) is 10.5. The molecule has 2 aliphatic heterocycles. The zero-order valence-electron chi connectivity index (χ0n) is 18.9.